The van der Waals surface area contributed by atoms with Crippen molar-refractivity contribution in [2.24, 2.45) is 5.92 Å². The molecule has 1 aromatic rings. The van der Waals surface area contributed by atoms with Gasteiger partial charge in [0.15, 0.2) is 0 Å². The monoisotopic (exact) mass is 258 g/mol. The van der Waals surface area contributed by atoms with Crippen molar-refractivity contribution >= 4 is 0 Å². The molecule has 0 saturated heterocycles. The molecule has 0 aromatic heterocycles. The molecular weight excluding hydrogens is 228 g/mol. The number of unbranched alkanes of at least 4 members (excludes halogenated alkanes) is 4. The van der Waals surface area contributed by atoms with Crippen molar-refractivity contribution in [2.45, 2.75) is 77.6 Å². The molecule has 1 aliphatic carbocycles. The first-order chi connectivity index (χ1) is 9.36. The summed E-state index contributed by atoms with van der Waals surface area (Å²) >= 11 is 0. The summed E-state index contributed by atoms with van der Waals surface area (Å²) < 4.78 is 0. The summed E-state index contributed by atoms with van der Waals surface area (Å²) in [7, 11) is 0. The van der Waals surface area contributed by atoms with Gasteiger partial charge in [0.25, 0.3) is 0 Å². The van der Waals surface area contributed by atoms with E-state index < -0.39 is 0 Å². The molecule has 2 atom stereocenters. The van der Waals surface area contributed by atoms with Crippen LogP contribution in [0, 0.1) is 5.92 Å². The van der Waals surface area contributed by atoms with E-state index in [9.17, 15) is 0 Å². The predicted molar refractivity (Wildman–Crippen MR) is 84.7 cm³/mol. The zero-order valence-electron chi connectivity index (χ0n) is 12.8. The fourth-order valence-corrected chi connectivity index (χ4v) is 3.71. The van der Waals surface area contributed by atoms with Gasteiger partial charge < -0.3 is 0 Å². The first kappa shape index (κ1) is 14.6. The van der Waals surface area contributed by atoms with Crippen molar-refractivity contribution in [2.75, 3.05) is 0 Å². The summed E-state index contributed by atoms with van der Waals surface area (Å²) in [5.74, 6) is 1.79. The van der Waals surface area contributed by atoms with Gasteiger partial charge in [-0.05, 0) is 42.2 Å². The molecule has 106 valence electrons. The van der Waals surface area contributed by atoms with E-state index in [1.54, 1.807) is 11.1 Å². The molecule has 19 heavy (non-hydrogen) atoms. The molecule has 0 bridgehead atoms. The van der Waals surface area contributed by atoms with Crippen molar-refractivity contribution < 1.29 is 0 Å². The molecule has 0 spiro atoms. The van der Waals surface area contributed by atoms with Crippen LogP contribution in [0.1, 0.15) is 82.3 Å². The highest BCUT2D eigenvalue weighted by atomic mass is 14.3. The maximum absolute atomic E-state index is 2.39. The first-order valence-corrected chi connectivity index (χ1v) is 8.44. The van der Waals surface area contributed by atoms with Crippen LogP contribution in [-0.4, -0.2) is 0 Å². The molecule has 0 N–H and O–H groups in total. The van der Waals surface area contributed by atoms with Crippen LogP contribution in [0.3, 0.4) is 0 Å². The molecule has 0 fully saturated rings. The quantitative estimate of drug-likeness (QED) is 0.494. The van der Waals surface area contributed by atoms with Gasteiger partial charge in [-0.2, -0.15) is 0 Å². The number of benzene rings is 1. The lowest BCUT2D eigenvalue weighted by atomic mass is 9.84. The Morgan fingerprint density at radius 3 is 2.47 bits per heavy atom. The number of fused-ring (bicyclic) bond motifs is 1. The lowest BCUT2D eigenvalue weighted by Crippen LogP contribution is -2.08. The van der Waals surface area contributed by atoms with Crippen molar-refractivity contribution in [3.05, 3.63) is 35.4 Å². The first-order valence-electron chi connectivity index (χ1n) is 8.44. The van der Waals surface area contributed by atoms with Gasteiger partial charge in [-0.3, -0.25) is 0 Å². The molecule has 0 heterocycles. The molecule has 1 aromatic carbocycles. The Morgan fingerprint density at radius 2 is 1.68 bits per heavy atom. The lowest BCUT2D eigenvalue weighted by Gasteiger charge is -2.20. The molecule has 0 nitrogen and oxygen atoms in total. The predicted octanol–water partition coefficient (Wildman–Crippen LogP) is 6.10. The van der Waals surface area contributed by atoms with Gasteiger partial charge in [-0.15, -0.1) is 0 Å². The van der Waals surface area contributed by atoms with Crippen molar-refractivity contribution in [1.82, 2.24) is 0 Å². The zero-order chi connectivity index (χ0) is 13.5. The van der Waals surface area contributed by atoms with E-state index in [4.69, 9.17) is 0 Å². The van der Waals surface area contributed by atoms with Crippen LogP contribution in [0.4, 0.5) is 0 Å². The molecule has 0 aliphatic heterocycles. The van der Waals surface area contributed by atoms with Gasteiger partial charge in [-0.1, -0.05) is 76.6 Å². The Hall–Kier alpha value is -0.780. The molecule has 2 rings (SSSR count). The van der Waals surface area contributed by atoms with Gasteiger partial charge >= 0.3 is 0 Å². The van der Waals surface area contributed by atoms with Gasteiger partial charge in [-0.25, -0.2) is 0 Å². The average Bonchev–Trinajstić information content (AvgIpc) is 2.79. The Labute approximate surface area is 119 Å². The third-order valence-electron chi connectivity index (χ3n) is 4.80. The number of hydrogen-bond acceptors (Lipinski definition) is 0. The van der Waals surface area contributed by atoms with Crippen LogP contribution < -0.4 is 0 Å². The second kappa shape index (κ2) is 7.72. The Morgan fingerprint density at radius 1 is 0.895 bits per heavy atom. The number of rotatable bonds is 8. The van der Waals surface area contributed by atoms with Crippen LogP contribution in [-0.2, 0) is 6.42 Å². The van der Waals surface area contributed by atoms with E-state index in [-0.39, 0.29) is 0 Å². The summed E-state index contributed by atoms with van der Waals surface area (Å²) in [5, 5.41) is 0. The summed E-state index contributed by atoms with van der Waals surface area (Å²) in [4.78, 5) is 0. The SMILES string of the molecule is CCCCCCC1c2ccccc2CC1CCCC. The zero-order valence-corrected chi connectivity index (χ0v) is 12.8. The van der Waals surface area contributed by atoms with Gasteiger partial charge in [0.1, 0.15) is 0 Å². The minimum Gasteiger partial charge on any atom is -0.0654 e. The highest BCUT2D eigenvalue weighted by Gasteiger charge is 2.30. The summed E-state index contributed by atoms with van der Waals surface area (Å²) in [6.07, 6.45) is 12.6. The maximum Gasteiger partial charge on any atom is -0.0128 e. The minimum absolute atomic E-state index is 0.861. The largest absolute Gasteiger partial charge is 0.0654 e. The second-order valence-electron chi connectivity index (χ2n) is 6.26. The fourth-order valence-electron chi connectivity index (χ4n) is 3.71. The van der Waals surface area contributed by atoms with Crippen LogP contribution in [0.15, 0.2) is 24.3 Å². The molecule has 0 saturated carbocycles. The summed E-state index contributed by atoms with van der Waals surface area (Å²) in [5.41, 5.74) is 3.32. The second-order valence-corrected chi connectivity index (χ2v) is 6.26. The van der Waals surface area contributed by atoms with Gasteiger partial charge in [0, 0.05) is 0 Å². The highest BCUT2D eigenvalue weighted by molar-refractivity contribution is 5.36. The van der Waals surface area contributed by atoms with E-state index in [1.165, 1.54) is 57.8 Å². The van der Waals surface area contributed by atoms with Crippen molar-refractivity contribution in [3.63, 3.8) is 0 Å². The van der Waals surface area contributed by atoms with E-state index in [0.29, 0.717) is 0 Å². The molecule has 1 aliphatic rings. The Bertz CT molecular complexity index is 366. The maximum atomic E-state index is 2.39. The smallest absolute Gasteiger partial charge is 0.0128 e. The van der Waals surface area contributed by atoms with E-state index >= 15 is 0 Å². The van der Waals surface area contributed by atoms with Crippen LogP contribution in [0.5, 0.6) is 0 Å². The minimum atomic E-state index is 0.861. The van der Waals surface area contributed by atoms with Crippen LogP contribution in [0.2, 0.25) is 0 Å². The van der Waals surface area contributed by atoms with Crippen molar-refractivity contribution in [1.29, 1.82) is 0 Å². The van der Waals surface area contributed by atoms with E-state index in [0.717, 1.165) is 11.8 Å². The molecule has 0 amide bonds. The van der Waals surface area contributed by atoms with Gasteiger partial charge in [0.2, 0.25) is 0 Å². The Kier molecular flexibility index (Phi) is 5.94. The third kappa shape index (κ3) is 3.84. The normalized spacial score (nSPS) is 21.6. The van der Waals surface area contributed by atoms with E-state index in [1.807, 2.05) is 0 Å². The average molecular weight is 258 g/mol. The Balaban J connectivity index is 1.97. The lowest BCUT2D eigenvalue weighted by molar-refractivity contribution is 0.383. The molecular formula is C19H30. The fraction of sp³-hybridized carbons (Fsp3) is 0.684. The van der Waals surface area contributed by atoms with Crippen LogP contribution >= 0.6 is 0 Å². The van der Waals surface area contributed by atoms with E-state index in [2.05, 4.69) is 38.1 Å². The summed E-state index contributed by atoms with van der Waals surface area (Å²) in [6.45, 7) is 4.62. The molecule has 0 heteroatoms. The van der Waals surface area contributed by atoms with Crippen LogP contribution in [0.25, 0.3) is 0 Å². The standard InChI is InChI=1S/C19H30/c1-3-5-7-8-13-18-16(11-6-4-2)15-17-12-9-10-14-19(17)18/h9-10,12,14,16,18H,3-8,11,13,15H2,1-2H3. The van der Waals surface area contributed by atoms with Gasteiger partial charge in [0.05, 0.1) is 0 Å². The van der Waals surface area contributed by atoms with Crippen molar-refractivity contribution in [3.8, 4) is 0 Å². The summed E-state index contributed by atoms with van der Waals surface area (Å²) in [6, 6.07) is 9.21. The third-order valence-corrected chi connectivity index (χ3v) is 4.80. The topological polar surface area (TPSA) is 0 Å². The highest BCUT2D eigenvalue weighted by Crippen LogP contribution is 2.43. The molecule has 0 radical (unpaired) electrons. The molecule has 2 unspecified atom stereocenters. The number of hydrogen-bond donors (Lipinski definition) is 0.